The van der Waals surface area contributed by atoms with Crippen LogP contribution in [0.2, 0.25) is 0 Å². The van der Waals surface area contributed by atoms with E-state index in [0.717, 1.165) is 28.4 Å². The first-order valence-corrected chi connectivity index (χ1v) is 7.86. The largest absolute Gasteiger partial charge is 0.463 e. The van der Waals surface area contributed by atoms with Crippen molar-refractivity contribution in [3.63, 3.8) is 0 Å². The maximum Gasteiger partial charge on any atom is 0.190 e. The minimum Gasteiger partial charge on any atom is -0.463 e. The number of nitrogens with zero attached hydrogens (tertiary/aromatic N) is 3. The van der Waals surface area contributed by atoms with Crippen LogP contribution in [0.1, 0.15) is 26.3 Å². The van der Waals surface area contributed by atoms with Crippen molar-refractivity contribution >= 4 is 17.0 Å². The third-order valence-corrected chi connectivity index (χ3v) is 4.26. The summed E-state index contributed by atoms with van der Waals surface area (Å²) in [6, 6.07) is 8.10. The summed E-state index contributed by atoms with van der Waals surface area (Å²) in [5.41, 5.74) is 1.93. The molecule has 0 aliphatic rings. The van der Waals surface area contributed by atoms with E-state index < -0.39 is 0 Å². The van der Waals surface area contributed by atoms with E-state index in [1.54, 1.807) is 30.0 Å². The van der Waals surface area contributed by atoms with E-state index in [0.29, 0.717) is 6.04 Å². The molecule has 0 radical (unpaired) electrons. The van der Waals surface area contributed by atoms with E-state index in [-0.39, 0.29) is 0 Å². The minimum atomic E-state index is 0.353. The van der Waals surface area contributed by atoms with Crippen LogP contribution in [0.3, 0.4) is 0 Å². The van der Waals surface area contributed by atoms with Gasteiger partial charge in [-0.15, -0.1) is 11.3 Å². The predicted octanol–water partition coefficient (Wildman–Crippen LogP) is 4.41. The average molecular weight is 299 g/mol. The molecule has 3 aromatic rings. The van der Waals surface area contributed by atoms with Gasteiger partial charge >= 0.3 is 0 Å². The summed E-state index contributed by atoms with van der Waals surface area (Å²) in [5, 5.41) is 2.10. The van der Waals surface area contributed by atoms with Gasteiger partial charge in [-0.3, -0.25) is 4.98 Å². The fourth-order valence-electron chi connectivity index (χ4n) is 2.15. The Balaban J connectivity index is 2.16. The zero-order valence-electron chi connectivity index (χ0n) is 12.1. The maximum absolute atomic E-state index is 5.55. The lowest BCUT2D eigenvalue weighted by Crippen LogP contribution is -2.19. The van der Waals surface area contributed by atoms with E-state index >= 15 is 0 Å². The average Bonchev–Trinajstić information content (AvgIpc) is 3.16. The van der Waals surface area contributed by atoms with Gasteiger partial charge in [-0.1, -0.05) is 6.92 Å². The molecule has 0 saturated carbocycles. The SMILES string of the molecule is CCC(C)n1c(-c2ccco2)csc1=Nc1cccnc1. The standard InChI is InChI=1S/C16H17N3OS/c1-3-12(2)19-14(15-7-5-9-20-15)11-21-16(19)18-13-6-4-8-17-10-13/h4-12H,3H2,1-2H3. The molecule has 0 aliphatic heterocycles. The maximum atomic E-state index is 5.55. The molecule has 0 amide bonds. The first-order valence-electron chi connectivity index (χ1n) is 6.98. The van der Waals surface area contributed by atoms with Crippen molar-refractivity contribution < 1.29 is 4.42 Å². The monoisotopic (exact) mass is 299 g/mol. The molecule has 0 aromatic carbocycles. The molecular formula is C16H17N3OS. The number of aromatic nitrogens is 2. The molecule has 1 unspecified atom stereocenters. The Hall–Kier alpha value is -2.14. The van der Waals surface area contributed by atoms with E-state index in [1.807, 2.05) is 24.3 Å². The molecule has 3 heterocycles. The number of thiazole rings is 1. The highest BCUT2D eigenvalue weighted by Crippen LogP contribution is 2.25. The lowest BCUT2D eigenvalue weighted by Gasteiger charge is -2.14. The van der Waals surface area contributed by atoms with E-state index in [9.17, 15) is 0 Å². The topological polar surface area (TPSA) is 43.3 Å². The Morgan fingerprint density at radius 3 is 2.95 bits per heavy atom. The highest BCUT2D eigenvalue weighted by Gasteiger charge is 2.14. The second-order valence-electron chi connectivity index (χ2n) is 4.83. The zero-order chi connectivity index (χ0) is 14.7. The highest BCUT2D eigenvalue weighted by molar-refractivity contribution is 7.07. The molecule has 108 valence electrons. The molecule has 21 heavy (non-hydrogen) atoms. The van der Waals surface area contributed by atoms with E-state index in [1.165, 1.54) is 0 Å². The highest BCUT2D eigenvalue weighted by atomic mass is 32.1. The number of furan rings is 1. The second-order valence-corrected chi connectivity index (χ2v) is 5.67. The number of pyridine rings is 1. The van der Waals surface area contributed by atoms with Crippen molar-refractivity contribution in [2.45, 2.75) is 26.3 Å². The van der Waals surface area contributed by atoms with Crippen LogP contribution in [0, 0.1) is 0 Å². The number of rotatable bonds is 4. The van der Waals surface area contributed by atoms with Gasteiger partial charge in [0.15, 0.2) is 10.6 Å². The molecule has 3 aromatic heterocycles. The summed E-state index contributed by atoms with van der Waals surface area (Å²) in [6.07, 6.45) is 6.26. The molecule has 0 aliphatic carbocycles. The van der Waals surface area contributed by atoms with Gasteiger partial charge < -0.3 is 8.98 Å². The van der Waals surface area contributed by atoms with Crippen LogP contribution in [-0.2, 0) is 0 Å². The predicted molar refractivity (Wildman–Crippen MR) is 84.5 cm³/mol. The van der Waals surface area contributed by atoms with Gasteiger partial charge in [-0.05, 0) is 37.6 Å². The van der Waals surface area contributed by atoms with Crippen LogP contribution in [0.25, 0.3) is 11.5 Å². The molecule has 0 saturated heterocycles. The van der Waals surface area contributed by atoms with Crippen molar-refractivity contribution in [3.05, 3.63) is 53.1 Å². The van der Waals surface area contributed by atoms with Gasteiger partial charge in [0.1, 0.15) is 0 Å². The lowest BCUT2D eigenvalue weighted by molar-refractivity contribution is 0.509. The summed E-state index contributed by atoms with van der Waals surface area (Å²) >= 11 is 1.62. The normalized spacial score (nSPS) is 13.5. The Bertz CT molecular complexity index is 756. The van der Waals surface area contributed by atoms with Gasteiger partial charge in [0.25, 0.3) is 0 Å². The Morgan fingerprint density at radius 2 is 2.29 bits per heavy atom. The lowest BCUT2D eigenvalue weighted by atomic mass is 10.2. The van der Waals surface area contributed by atoms with Crippen LogP contribution < -0.4 is 4.80 Å². The quantitative estimate of drug-likeness (QED) is 0.716. The van der Waals surface area contributed by atoms with Crippen molar-refractivity contribution in [2.24, 2.45) is 4.99 Å². The van der Waals surface area contributed by atoms with Gasteiger partial charge in [0.2, 0.25) is 0 Å². The molecule has 1 atom stereocenters. The minimum absolute atomic E-state index is 0.353. The molecule has 5 heteroatoms. The van der Waals surface area contributed by atoms with Crippen molar-refractivity contribution in [3.8, 4) is 11.5 Å². The van der Waals surface area contributed by atoms with Crippen molar-refractivity contribution in [1.82, 2.24) is 9.55 Å². The van der Waals surface area contributed by atoms with Crippen LogP contribution in [0.5, 0.6) is 0 Å². The van der Waals surface area contributed by atoms with Crippen molar-refractivity contribution in [2.75, 3.05) is 0 Å². The van der Waals surface area contributed by atoms with Gasteiger partial charge in [-0.25, -0.2) is 4.99 Å². The molecule has 0 bridgehead atoms. The number of hydrogen-bond donors (Lipinski definition) is 0. The Labute approximate surface area is 127 Å². The Morgan fingerprint density at radius 1 is 1.38 bits per heavy atom. The number of hydrogen-bond acceptors (Lipinski definition) is 4. The molecular weight excluding hydrogens is 282 g/mol. The van der Waals surface area contributed by atoms with Crippen molar-refractivity contribution in [1.29, 1.82) is 0 Å². The summed E-state index contributed by atoms with van der Waals surface area (Å²) < 4.78 is 7.78. The van der Waals surface area contributed by atoms with Crippen LogP contribution in [-0.4, -0.2) is 9.55 Å². The summed E-state index contributed by atoms with van der Waals surface area (Å²) in [4.78, 5) is 9.80. The smallest absolute Gasteiger partial charge is 0.190 e. The molecule has 0 spiro atoms. The molecule has 3 rings (SSSR count). The van der Waals surface area contributed by atoms with Crippen LogP contribution in [0.15, 0.2) is 57.7 Å². The summed E-state index contributed by atoms with van der Waals surface area (Å²) in [6.45, 7) is 4.37. The van der Waals surface area contributed by atoms with Gasteiger partial charge in [-0.2, -0.15) is 0 Å². The summed E-state index contributed by atoms with van der Waals surface area (Å²) in [5.74, 6) is 0.874. The third-order valence-electron chi connectivity index (χ3n) is 3.42. The van der Waals surface area contributed by atoms with Crippen LogP contribution in [0.4, 0.5) is 5.69 Å². The fraction of sp³-hybridized carbons (Fsp3) is 0.250. The summed E-state index contributed by atoms with van der Waals surface area (Å²) in [7, 11) is 0. The molecule has 4 nitrogen and oxygen atoms in total. The zero-order valence-corrected chi connectivity index (χ0v) is 12.9. The van der Waals surface area contributed by atoms with Crippen LogP contribution >= 0.6 is 11.3 Å². The van der Waals surface area contributed by atoms with E-state index in [4.69, 9.17) is 9.41 Å². The Kier molecular flexibility index (Phi) is 4.01. The van der Waals surface area contributed by atoms with Gasteiger partial charge in [0, 0.05) is 17.6 Å². The third kappa shape index (κ3) is 2.83. The van der Waals surface area contributed by atoms with E-state index in [2.05, 4.69) is 28.8 Å². The first-order chi connectivity index (χ1) is 10.3. The second kappa shape index (κ2) is 6.10. The first kappa shape index (κ1) is 13.8. The molecule has 0 N–H and O–H groups in total. The molecule has 0 fully saturated rings. The van der Waals surface area contributed by atoms with Gasteiger partial charge in [0.05, 0.1) is 23.8 Å². The fourth-order valence-corrected chi connectivity index (χ4v) is 3.14.